The topological polar surface area (TPSA) is 29.3 Å². The van der Waals surface area contributed by atoms with E-state index in [1.165, 1.54) is 19.3 Å². The Bertz CT molecular complexity index is 126. The van der Waals surface area contributed by atoms with Gasteiger partial charge in [-0.25, -0.2) is 0 Å². The summed E-state index contributed by atoms with van der Waals surface area (Å²) in [7, 11) is 2.06. The zero-order valence-corrected chi connectivity index (χ0v) is 8.05. The average molecular weight is 168 g/mol. The van der Waals surface area contributed by atoms with E-state index < -0.39 is 0 Å². The van der Waals surface area contributed by atoms with Gasteiger partial charge in [0.05, 0.1) is 6.54 Å². The number of unbranched alkanes of at least 4 members (excludes halogenated alkanes) is 3. The maximum Gasteiger partial charge on any atom is 0.0596 e. The summed E-state index contributed by atoms with van der Waals surface area (Å²) in [4.78, 5) is 2.17. The standard InChI is InChI=1S/C10H20N2/c1-3-9-12(2)10-7-5-4-6-8-11/h1H,4-11H2,2H3. The minimum Gasteiger partial charge on any atom is -0.330 e. The van der Waals surface area contributed by atoms with E-state index >= 15 is 0 Å². The lowest BCUT2D eigenvalue weighted by molar-refractivity contribution is 0.362. The number of hydrogen-bond donors (Lipinski definition) is 1. The Morgan fingerprint density at radius 2 is 1.92 bits per heavy atom. The largest absolute Gasteiger partial charge is 0.330 e. The fourth-order valence-electron chi connectivity index (χ4n) is 1.11. The maximum atomic E-state index is 5.38. The second kappa shape index (κ2) is 8.58. The number of rotatable bonds is 7. The van der Waals surface area contributed by atoms with Crippen LogP contribution in [0.5, 0.6) is 0 Å². The van der Waals surface area contributed by atoms with Gasteiger partial charge in [0.1, 0.15) is 0 Å². The molecule has 2 nitrogen and oxygen atoms in total. The Balaban J connectivity index is 3.04. The van der Waals surface area contributed by atoms with E-state index in [9.17, 15) is 0 Å². The lowest BCUT2D eigenvalue weighted by atomic mass is 10.2. The number of nitrogens with zero attached hydrogens (tertiary/aromatic N) is 1. The van der Waals surface area contributed by atoms with Crippen molar-refractivity contribution >= 4 is 0 Å². The molecule has 0 heterocycles. The third kappa shape index (κ3) is 7.59. The van der Waals surface area contributed by atoms with Crippen molar-refractivity contribution in [1.82, 2.24) is 4.90 Å². The van der Waals surface area contributed by atoms with E-state index in [0.29, 0.717) is 0 Å². The van der Waals surface area contributed by atoms with Crippen LogP contribution >= 0.6 is 0 Å². The van der Waals surface area contributed by atoms with Crippen molar-refractivity contribution in [2.45, 2.75) is 25.7 Å². The van der Waals surface area contributed by atoms with Crippen LogP contribution in [0.3, 0.4) is 0 Å². The number of nitrogens with two attached hydrogens (primary N) is 1. The van der Waals surface area contributed by atoms with Gasteiger partial charge in [0.2, 0.25) is 0 Å². The zero-order valence-electron chi connectivity index (χ0n) is 8.05. The highest BCUT2D eigenvalue weighted by molar-refractivity contribution is 4.86. The molecule has 0 rings (SSSR count). The number of hydrogen-bond acceptors (Lipinski definition) is 2. The van der Waals surface area contributed by atoms with Crippen LogP contribution < -0.4 is 5.73 Å². The van der Waals surface area contributed by atoms with Gasteiger partial charge in [0.15, 0.2) is 0 Å². The molecule has 2 N–H and O–H groups in total. The van der Waals surface area contributed by atoms with Crippen molar-refractivity contribution < 1.29 is 0 Å². The highest BCUT2D eigenvalue weighted by Gasteiger charge is 1.94. The van der Waals surface area contributed by atoms with Gasteiger partial charge in [-0.2, -0.15) is 0 Å². The molecule has 70 valence electrons. The molecule has 0 bridgehead atoms. The van der Waals surface area contributed by atoms with Crippen LogP contribution in [0.1, 0.15) is 25.7 Å². The average Bonchev–Trinajstić information content (AvgIpc) is 2.05. The summed E-state index contributed by atoms with van der Waals surface area (Å²) >= 11 is 0. The predicted octanol–water partition coefficient (Wildman–Crippen LogP) is 1.07. The summed E-state index contributed by atoms with van der Waals surface area (Å²) in [6.07, 6.45) is 10.1. The van der Waals surface area contributed by atoms with Crippen LogP contribution in [0.15, 0.2) is 0 Å². The van der Waals surface area contributed by atoms with Crippen molar-refractivity contribution in [3.8, 4) is 12.3 Å². The van der Waals surface area contributed by atoms with E-state index in [4.69, 9.17) is 12.2 Å². The molecule has 0 aliphatic carbocycles. The summed E-state index contributed by atoms with van der Waals surface area (Å²) in [6.45, 7) is 2.69. The molecule has 0 aromatic heterocycles. The molecule has 0 aliphatic heterocycles. The first kappa shape index (κ1) is 11.5. The minimum atomic E-state index is 0.761. The fourth-order valence-corrected chi connectivity index (χ4v) is 1.11. The highest BCUT2D eigenvalue weighted by atomic mass is 15.1. The van der Waals surface area contributed by atoms with Crippen molar-refractivity contribution in [2.24, 2.45) is 5.73 Å². The molecule has 0 unspecified atom stereocenters. The van der Waals surface area contributed by atoms with Crippen LogP contribution in [-0.2, 0) is 0 Å². The van der Waals surface area contributed by atoms with Crippen molar-refractivity contribution in [3.63, 3.8) is 0 Å². The lowest BCUT2D eigenvalue weighted by Gasteiger charge is -2.12. The molecule has 0 fully saturated rings. The van der Waals surface area contributed by atoms with E-state index in [-0.39, 0.29) is 0 Å². The van der Waals surface area contributed by atoms with E-state index in [1.54, 1.807) is 0 Å². The molecule has 0 atom stereocenters. The number of terminal acetylenes is 1. The quantitative estimate of drug-likeness (QED) is 0.455. The first-order chi connectivity index (χ1) is 5.81. The van der Waals surface area contributed by atoms with E-state index in [2.05, 4.69) is 17.9 Å². The van der Waals surface area contributed by atoms with Gasteiger partial charge in [-0.15, -0.1) is 6.42 Å². The molecule has 2 heteroatoms. The summed E-state index contributed by atoms with van der Waals surface area (Å²) in [5.41, 5.74) is 5.38. The molecule has 0 radical (unpaired) electrons. The normalized spacial score (nSPS) is 10.2. The third-order valence-corrected chi connectivity index (χ3v) is 1.86. The Morgan fingerprint density at radius 3 is 2.50 bits per heavy atom. The second-order valence-corrected chi connectivity index (χ2v) is 3.14. The first-order valence-corrected chi connectivity index (χ1v) is 4.63. The molecule has 0 saturated heterocycles. The Hall–Kier alpha value is -0.520. The SMILES string of the molecule is C#CCN(C)CCCCCCN. The van der Waals surface area contributed by atoms with Crippen LogP contribution in [0.2, 0.25) is 0 Å². The summed E-state index contributed by atoms with van der Waals surface area (Å²) in [5, 5.41) is 0. The highest BCUT2D eigenvalue weighted by Crippen LogP contribution is 1.99. The smallest absolute Gasteiger partial charge is 0.0596 e. The van der Waals surface area contributed by atoms with Crippen molar-refractivity contribution in [2.75, 3.05) is 26.7 Å². The predicted molar refractivity (Wildman–Crippen MR) is 53.9 cm³/mol. The molecule has 0 saturated carbocycles. The Labute approximate surface area is 76.1 Å². The molecule has 0 aromatic carbocycles. The van der Waals surface area contributed by atoms with Gasteiger partial charge in [0.25, 0.3) is 0 Å². The van der Waals surface area contributed by atoms with Gasteiger partial charge < -0.3 is 5.73 Å². The summed E-state index contributed by atoms with van der Waals surface area (Å²) < 4.78 is 0. The Morgan fingerprint density at radius 1 is 1.25 bits per heavy atom. The monoisotopic (exact) mass is 168 g/mol. The lowest BCUT2D eigenvalue weighted by Crippen LogP contribution is -2.19. The fraction of sp³-hybridized carbons (Fsp3) is 0.800. The van der Waals surface area contributed by atoms with Gasteiger partial charge in [-0.05, 0) is 33.0 Å². The van der Waals surface area contributed by atoms with Crippen molar-refractivity contribution in [1.29, 1.82) is 0 Å². The summed E-state index contributed by atoms with van der Waals surface area (Å²) in [5.74, 6) is 2.63. The molecular formula is C10H20N2. The van der Waals surface area contributed by atoms with Crippen LogP contribution in [0, 0.1) is 12.3 Å². The zero-order chi connectivity index (χ0) is 9.23. The Kier molecular flexibility index (Phi) is 8.20. The van der Waals surface area contributed by atoms with Crippen LogP contribution in [-0.4, -0.2) is 31.6 Å². The van der Waals surface area contributed by atoms with E-state index in [0.717, 1.165) is 26.1 Å². The summed E-state index contributed by atoms with van der Waals surface area (Å²) in [6, 6.07) is 0. The first-order valence-electron chi connectivity index (χ1n) is 4.63. The molecule has 0 amide bonds. The molecular weight excluding hydrogens is 148 g/mol. The molecule has 0 spiro atoms. The van der Waals surface area contributed by atoms with Gasteiger partial charge in [-0.1, -0.05) is 18.8 Å². The minimum absolute atomic E-state index is 0.761. The maximum absolute atomic E-state index is 5.38. The van der Waals surface area contributed by atoms with Gasteiger partial charge in [0, 0.05) is 0 Å². The molecule has 0 aromatic rings. The molecule has 0 aliphatic rings. The molecule has 12 heavy (non-hydrogen) atoms. The third-order valence-electron chi connectivity index (χ3n) is 1.86. The van der Waals surface area contributed by atoms with Crippen LogP contribution in [0.4, 0.5) is 0 Å². The van der Waals surface area contributed by atoms with Gasteiger partial charge >= 0.3 is 0 Å². The van der Waals surface area contributed by atoms with E-state index in [1.807, 2.05) is 0 Å². The second-order valence-electron chi connectivity index (χ2n) is 3.14. The van der Waals surface area contributed by atoms with Crippen LogP contribution in [0.25, 0.3) is 0 Å². The van der Waals surface area contributed by atoms with Crippen molar-refractivity contribution in [3.05, 3.63) is 0 Å². The van der Waals surface area contributed by atoms with Gasteiger partial charge in [-0.3, -0.25) is 4.90 Å².